The first kappa shape index (κ1) is 13.7. The van der Waals surface area contributed by atoms with E-state index >= 15 is 0 Å². The van der Waals surface area contributed by atoms with Crippen LogP contribution in [0.3, 0.4) is 0 Å². The van der Waals surface area contributed by atoms with E-state index in [0.717, 1.165) is 24.2 Å². The molecule has 1 atom stereocenters. The predicted molar refractivity (Wildman–Crippen MR) is 86.1 cm³/mol. The van der Waals surface area contributed by atoms with Crippen molar-refractivity contribution in [3.05, 3.63) is 59.7 Å². The van der Waals surface area contributed by atoms with Gasteiger partial charge in [0.1, 0.15) is 0 Å². The maximum atomic E-state index is 12.5. The van der Waals surface area contributed by atoms with E-state index in [2.05, 4.69) is 19.1 Å². The summed E-state index contributed by atoms with van der Waals surface area (Å²) in [4.78, 5) is 14.5. The van der Waals surface area contributed by atoms with Crippen molar-refractivity contribution in [2.45, 2.75) is 32.2 Å². The van der Waals surface area contributed by atoms with E-state index in [9.17, 15) is 4.79 Å². The molecule has 3 nitrogen and oxygen atoms in total. The van der Waals surface area contributed by atoms with Crippen LogP contribution in [0.15, 0.2) is 48.5 Å². The number of benzene rings is 2. The third-order valence-electron chi connectivity index (χ3n) is 4.12. The van der Waals surface area contributed by atoms with Crippen molar-refractivity contribution < 1.29 is 4.79 Å². The standard InChI is InChI=1S/C18H20N2O/c1-2-16(13-6-4-3-5-7-13)20-17-10-9-15(19)12-14(17)8-11-18(20)21/h3-7,9-10,12,16H,2,8,11,19H2,1H3. The Kier molecular flexibility index (Phi) is 3.65. The Labute approximate surface area is 125 Å². The number of carbonyl (C=O) groups is 1. The van der Waals surface area contributed by atoms with Gasteiger partial charge >= 0.3 is 0 Å². The van der Waals surface area contributed by atoms with Crippen LogP contribution in [-0.2, 0) is 11.2 Å². The molecule has 0 aliphatic carbocycles. The fourth-order valence-electron chi connectivity index (χ4n) is 3.12. The molecule has 2 N–H and O–H groups in total. The number of hydrogen-bond acceptors (Lipinski definition) is 2. The minimum atomic E-state index is 0.0846. The van der Waals surface area contributed by atoms with Crippen molar-refractivity contribution in [2.24, 2.45) is 0 Å². The summed E-state index contributed by atoms with van der Waals surface area (Å²) < 4.78 is 0. The number of rotatable bonds is 3. The van der Waals surface area contributed by atoms with Crippen molar-refractivity contribution in [3.8, 4) is 0 Å². The Morgan fingerprint density at radius 3 is 2.62 bits per heavy atom. The molecule has 2 aromatic carbocycles. The van der Waals surface area contributed by atoms with Crippen LogP contribution in [-0.4, -0.2) is 5.91 Å². The lowest BCUT2D eigenvalue weighted by atomic mass is 9.95. The number of nitrogen functional groups attached to an aromatic ring is 1. The van der Waals surface area contributed by atoms with Gasteiger partial charge in [-0.2, -0.15) is 0 Å². The van der Waals surface area contributed by atoms with Gasteiger partial charge in [0.05, 0.1) is 6.04 Å². The normalized spacial score (nSPS) is 15.7. The number of amides is 1. The van der Waals surface area contributed by atoms with Gasteiger partial charge in [0.2, 0.25) is 5.91 Å². The molecule has 108 valence electrons. The minimum absolute atomic E-state index is 0.0846. The van der Waals surface area contributed by atoms with Crippen LogP contribution in [0.4, 0.5) is 11.4 Å². The molecule has 0 radical (unpaired) electrons. The van der Waals surface area contributed by atoms with Gasteiger partial charge in [-0.25, -0.2) is 0 Å². The molecule has 0 spiro atoms. The van der Waals surface area contributed by atoms with E-state index < -0.39 is 0 Å². The molecule has 1 aliphatic heterocycles. The molecule has 1 aliphatic rings. The number of nitrogens with two attached hydrogens (primary N) is 1. The van der Waals surface area contributed by atoms with Crippen LogP contribution in [0.1, 0.15) is 36.9 Å². The highest BCUT2D eigenvalue weighted by Gasteiger charge is 2.30. The number of carbonyl (C=O) groups excluding carboxylic acids is 1. The lowest BCUT2D eigenvalue weighted by Gasteiger charge is -2.36. The molecule has 1 unspecified atom stereocenters. The SMILES string of the molecule is CCC(c1ccccc1)N1C(=O)CCc2cc(N)ccc21. The summed E-state index contributed by atoms with van der Waals surface area (Å²) in [6.45, 7) is 2.12. The van der Waals surface area contributed by atoms with E-state index in [1.54, 1.807) is 0 Å². The van der Waals surface area contributed by atoms with E-state index in [1.165, 1.54) is 11.1 Å². The molecule has 0 aromatic heterocycles. The Morgan fingerprint density at radius 1 is 1.14 bits per heavy atom. The average Bonchev–Trinajstić information content (AvgIpc) is 2.51. The second-order valence-corrected chi connectivity index (χ2v) is 5.49. The predicted octanol–water partition coefficient (Wildman–Crippen LogP) is 3.70. The highest BCUT2D eigenvalue weighted by molar-refractivity contribution is 5.97. The molecule has 3 heteroatoms. The summed E-state index contributed by atoms with van der Waals surface area (Å²) in [6, 6.07) is 16.2. The smallest absolute Gasteiger partial charge is 0.227 e. The lowest BCUT2D eigenvalue weighted by Crippen LogP contribution is -2.38. The second kappa shape index (κ2) is 5.60. The van der Waals surface area contributed by atoms with Crippen LogP contribution < -0.4 is 10.6 Å². The first-order chi connectivity index (χ1) is 10.2. The van der Waals surface area contributed by atoms with Gasteiger partial charge in [0.25, 0.3) is 0 Å². The largest absolute Gasteiger partial charge is 0.399 e. The first-order valence-corrected chi connectivity index (χ1v) is 7.46. The van der Waals surface area contributed by atoms with E-state index in [1.807, 2.05) is 41.3 Å². The Balaban J connectivity index is 2.06. The summed E-state index contributed by atoms with van der Waals surface area (Å²) in [5.74, 6) is 0.197. The van der Waals surface area contributed by atoms with Gasteiger partial charge < -0.3 is 10.6 Å². The third kappa shape index (κ3) is 2.51. The lowest BCUT2D eigenvalue weighted by molar-refractivity contribution is -0.119. The molecule has 3 rings (SSSR count). The molecule has 0 bridgehead atoms. The average molecular weight is 280 g/mol. The number of aryl methyl sites for hydroxylation is 1. The Bertz CT molecular complexity index is 652. The molecule has 0 saturated carbocycles. The van der Waals surface area contributed by atoms with Crippen LogP contribution >= 0.6 is 0 Å². The van der Waals surface area contributed by atoms with Gasteiger partial charge in [0.15, 0.2) is 0 Å². The summed E-state index contributed by atoms with van der Waals surface area (Å²) in [5.41, 5.74) is 10.00. The van der Waals surface area contributed by atoms with Gasteiger partial charge in [0, 0.05) is 17.8 Å². The van der Waals surface area contributed by atoms with Crippen LogP contribution in [0.2, 0.25) is 0 Å². The number of fused-ring (bicyclic) bond motifs is 1. The third-order valence-corrected chi connectivity index (χ3v) is 4.12. The van der Waals surface area contributed by atoms with E-state index in [-0.39, 0.29) is 11.9 Å². The van der Waals surface area contributed by atoms with Crippen molar-refractivity contribution in [3.63, 3.8) is 0 Å². The summed E-state index contributed by atoms with van der Waals surface area (Å²) >= 11 is 0. The van der Waals surface area contributed by atoms with Gasteiger partial charge in [-0.3, -0.25) is 4.79 Å². The molecule has 0 fully saturated rings. The highest BCUT2D eigenvalue weighted by Crippen LogP contribution is 2.37. The summed E-state index contributed by atoms with van der Waals surface area (Å²) in [7, 11) is 0. The topological polar surface area (TPSA) is 46.3 Å². The van der Waals surface area contributed by atoms with Gasteiger partial charge in [-0.05, 0) is 42.2 Å². The van der Waals surface area contributed by atoms with Crippen molar-refractivity contribution in [2.75, 3.05) is 10.6 Å². The van der Waals surface area contributed by atoms with E-state index in [4.69, 9.17) is 5.73 Å². The van der Waals surface area contributed by atoms with Crippen LogP contribution in [0.25, 0.3) is 0 Å². The molecule has 1 heterocycles. The molecule has 1 amide bonds. The number of hydrogen-bond donors (Lipinski definition) is 1. The zero-order chi connectivity index (χ0) is 14.8. The van der Waals surface area contributed by atoms with Crippen LogP contribution in [0.5, 0.6) is 0 Å². The Hall–Kier alpha value is -2.29. The Morgan fingerprint density at radius 2 is 1.90 bits per heavy atom. The first-order valence-electron chi connectivity index (χ1n) is 7.46. The summed E-state index contributed by atoms with van der Waals surface area (Å²) in [5, 5.41) is 0. The quantitative estimate of drug-likeness (QED) is 0.871. The van der Waals surface area contributed by atoms with Crippen molar-refractivity contribution >= 4 is 17.3 Å². The monoisotopic (exact) mass is 280 g/mol. The second-order valence-electron chi connectivity index (χ2n) is 5.49. The number of nitrogens with zero attached hydrogens (tertiary/aromatic N) is 1. The van der Waals surface area contributed by atoms with E-state index in [0.29, 0.717) is 6.42 Å². The molecule has 0 saturated heterocycles. The maximum absolute atomic E-state index is 12.5. The zero-order valence-corrected chi connectivity index (χ0v) is 12.3. The molecular weight excluding hydrogens is 260 g/mol. The summed E-state index contributed by atoms with van der Waals surface area (Å²) in [6.07, 6.45) is 2.22. The molecular formula is C18H20N2O. The van der Waals surface area contributed by atoms with Gasteiger partial charge in [-0.1, -0.05) is 37.3 Å². The van der Waals surface area contributed by atoms with Crippen molar-refractivity contribution in [1.82, 2.24) is 0 Å². The highest BCUT2D eigenvalue weighted by atomic mass is 16.2. The number of anilines is 2. The maximum Gasteiger partial charge on any atom is 0.227 e. The minimum Gasteiger partial charge on any atom is -0.399 e. The zero-order valence-electron chi connectivity index (χ0n) is 12.3. The van der Waals surface area contributed by atoms with Crippen molar-refractivity contribution in [1.29, 1.82) is 0 Å². The van der Waals surface area contributed by atoms with Crippen LogP contribution in [0, 0.1) is 0 Å². The fourth-order valence-corrected chi connectivity index (χ4v) is 3.12. The van der Waals surface area contributed by atoms with Gasteiger partial charge in [-0.15, -0.1) is 0 Å². The molecule has 21 heavy (non-hydrogen) atoms. The molecule has 2 aromatic rings. The fraction of sp³-hybridized carbons (Fsp3) is 0.278.